The number of nitrogens with two attached hydrogens (primary N) is 1. The Kier molecular flexibility index (Phi) is 3.29. The number of hydrogen-bond acceptors (Lipinski definition) is 2. The minimum Gasteiger partial charge on any atom is -0.319 e. The van der Waals surface area contributed by atoms with Crippen molar-refractivity contribution in [2.45, 2.75) is 44.6 Å². The standard InChI is InChI=1S/C14H18FNO/c1-10-8-12(15)5-4-11(10)9-13(17)14(16)6-2-3-7-14/h4-5,8H,2-3,6-7,9,16H2,1H3. The summed E-state index contributed by atoms with van der Waals surface area (Å²) in [4.78, 5) is 12.2. The molecule has 1 aliphatic rings. The van der Waals surface area contributed by atoms with Crippen molar-refractivity contribution in [1.29, 1.82) is 0 Å². The molecule has 1 fully saturated rings. The third-order valence-corrected chi connectivity index (χ3v) is 3.71. The van der Waals surface area contributed by atoms with Gasteiger partial charge in [0.2, 0.25) is 0 Å². The molecule has 0 amide bonds. The first-order valence-electron chi connectivity index (χ1n) is 6.08. The summed E-state index contributed by atoms with van der Waals surface area (Å²) in [6, 6.07) is 4.54. The van der Waals surface area contributed by atoms with Crippen molar-refractivity contribution in [2.24, 2.45) is 5.73 Å². The first-order chi connectivity index (χ1) is 8.01. The topological polar surface area (TPSA) is 43.1 Å². The second kappa shape index (κ2) is 4.57. The molecule has 0 aliphatic heterocycles. The number of rotatable bonds is 3. The van der Waals surface area contributed by atoms with Gasteiger partial charge in [-0.1, -0.05) is 18.9 Å². The largest absolute Gasteiger partial charge is 0.319 e. The molecular weight excluding hydrogens is 217 g/mol. The Morgan fingerprint density at radius 2 is 2.06 bits per heavy atom. The molecule has 1 aliphatic carbocycles. The highest BCUT2D eigenvalue weighted by Crippen LogP contribution is 2.29. The molecule has 2 nitrogen and oxygen atoms in total. The molecule has 0 radical (unpaired) electrons. The van der Waals surface area contributed by atoms with E-state index >= 15 is 0 Å². The van der Waals surface area contributed by atoms with Gasteiger partial charge in [0, 0.05) is 6.42 Å². The van der Waals surface area contributed by atoms with E-state index in [1.165, 1.54) is 12.1 Å². The van der Waals surface area contributed by atoms with E-state index < -0.39 is 5.54 Å². The molecule has 3 heteroatoms. The van der Waals surface area contributed by atoms with Gasteiger partial charge >= 0.3 is 0 Å². The van der Waals surface area contributed by atoms with Crippen LogP contribution in [0.2, 0.25) is 0 Å². The van der Waals surface area contributed by atoms with Gasteiger partial charge in [-0.15, -0.1) is 0 Å². The second-order valence-corrected chi connectivity index (χ2v) is 5.03. The zero-order valence-electron chi connectivity index (χ0n) is 10.1. The van der Waals surface area contributed by atoms with Crippen molar-refractivity contribution in [3.8, 4) is 0 Å². The summed E-state index contributed by atoms with van der Waals surface area (Å²) in [6.07, 6.45) is 3.95. The van der Waals surface area contributed by atoms with E-state index in [0.29, 0.717) is 6.42 Å². The van der Waals surface area contributed by atoms with Crippen molar-refractivity contribution < 1.29 is 9.18 Å². The van der Waals surface area contributed by atoms with Gasteiger partial charge in [0.15, 0.2) is 5.78 Å². The smallest absolute Gasteiger partial charge is 0.157 e. The highest BCUT2D eigenvalue weighted by molar-refractivity contribution is 5.90. The van der Waals surface area contributed by atoms with Crippen molar-refractivity contribution >= 4 is 5.78 Å². The van der Waals surface area contributed by atoms with Crippen LogP contribution in [0.4, 0.5) is 4.39 Å². The van der Waals surface area contributed by atoms with E-state index in [2.05, 4.69) is 0 Å². The number of carbonyl (C=O) groups excluding carboxylic acids is 1. The summed E-state index contributed by atoms with van der Waals surface area (Å²) >= 11 is 0. The molecule has 17 heavy (non-hydrogen) atoms. The minimum atomic E-state index is -0.638. The molecule has 2 N–H and O–H groups in total. The molecule has 0 heterocycles. The number of hydrogen-bond donors (Lipinski definition) is 1. The van der Waals surface area contributed by atoms with Gasteiger partial charge in [-0.2, -0.15) is 0 Å². The lowest BCUT2D eigenvalue weighted by atomic mass is 9.88. The van der Waals surface area contributed by atoms with Gasteiger partial charge in [0.1, 0.15) is 5.82 Å². The van der Waals surface area contributed by atoms with Crippen molar-refractivity contribution in [3.63, 3.8) is 0 Å². The van der Waals surface area contributed by atoms with E-state index in [1.54, 1.807) is 6.07 Å². The maximum Gasteiger partial charge on any atom is 0.157 e. The van der Waals surface area contributed by atoms with E-state index in [1.807, 2.05) is 6.92 Å². The number of halogens is 1. The van der Waals surface area contributed by atoms with Crippen LogP contribution in [0, 0.1) is 12.7 Å². The monoisotopic (exact) mass is 235 g/mol. The predicted octanol–water partition coefficient (Wildman–Crippen LogP) is 2.52. The number of aryl methyl sites for hydroxylation is 1. The van der Waals surface area contributed by atoms with Gasteiger partial charge < -0.3 is 5.73 Å². The Morgan fingerprint density at radius 3 is 2.65 bits per heavy atom. The van der Waals surface area contributed by atoms with Crippen molar-refractivity contribution in [1.82, 2.24) is 0 Å². The van der Waals surface area contributed by atoms with E-state index in [-0.39, 0.29) is 11.6 Å². The number of Topliss-reactive ketones (excluding diaryl/α,β-unsaturated/α-hetero) is 1. The molecule has 0 aromatic heterocycles. The average molecular weight is 235 g/mol. The Hall–Kier alpha value is -1.22. The van der Waals surface area contributed by atoms with E-state index in [9.17, 15) is 9.18 Å². The summed E-state index contributed by atoms with van der Waals surface area (Å²) in [5.41, 5.74) is 7.17. The molecule has 0 unspecified atom stereocenters. The fraction of sp³-hybridized carbons (Fsp3) is 0.500. The first kappa shape index (κ1) is 12.2. The van der Waals surface area contributed by atoms with E-state index in [4.69, 9.17) is 5.73 Å². The van der Waals surface area contributed by atoms with Crippen molar-refractivity contribution in [3.05, 3.63) is 35.1 Å². The maximum atomic E-state index is 13.0. The lowest BCUT2D eigenvalue weighted by Crippen LogP contribution is -2.46. The van der Waals surface area contributed by atoms with Crippen LogP contribution >= 0.6 is 0 Å². The normalized spacial score (nSPS) is 18.3. The fourth-order valence-electron chi connectivity index (χ4n) is 2.49. The average Bonchev–Trinajstić information content (AvgIpc) is 2.71. The van der Waals surface area contributed by atoms with Gasteiger partial charge in [-0.25, -0.2) is 4.39 Å². The Bertz CT molecular complexity index is 436. The Balaban J connectivity index is 2.13. The molecule has 1 aromatic carbocycles. The van der Waals surface area contributed by atoms with Crippen LogP contribution in [0.1, 0.15) is 36.8 Å². The Labute approximate surface area is 101 Å². The Morgan fingerprint density at radius 1 is 1.41 bits per heavy atom. The van der Waals surface area contributed by atoms with Crippen LogP contribution < -0.4 is 5.73 Å². The predicted molar refractivity (Wildman–Crippen MR) is 65.2 cm³/mol. The highest BCUT2D eigenvalue weighted by Gasteiger charge is 2.36. The van der Waals surface area contributed by atoms with Gasteiger partial charge in [0.25, 0.3) is 0 Å². The third-order valence-electron chi connectivity index (χ3n) is 3.71. The lowest BCUT2D eigenvalue weighted by Gasteiger charge is -2.22. The van der Waals surface area contributed by atoms with Crippen LogP contribution in [0.5, 0.6) is 0 Å². The molecule has 0 bridgehead atoms. The zero-order chi connectivity index (χ0) is 12.5. The summed E-state index contributed by atoms with van der Waals surface area (Å²) in [5.74, 6) is -0.174. The van der Waals surface area contributed by atoms with Crippen LogP contribution in [0.15, 0.2) is 18.2 Å². The fourth-order valence-corrected chi connectivity index (χ4v) is 2.49. The number of ketones is 1. The molecule has 92 valence electrons. The first-order valence-corrected chi connectivity index (χ1v) is 6.08. The maximum absolute atomic E-state index is 13.0. The lowest BCUT2D eigenvalue weighted by molar-refractivity contribution is -0.123. The highest BCUT2D eigenvalue weighted by atomic mass is 19.1. The van der Waals surface area contributed by atoms with Crippen LogP contribution in [-0.2, 0) is 11.2 Å². The van der Waals surface area contributed by atoms with Crippen molar-refractivity contribution in [2.75, 3.05) is 0 Å². The minimum absolute atomic E-state index is 0.0877. The van der Waals surface area contributed by atoms with E-state index in [0.717, 1.165) is 36.8 Å². The van der Waals surface area contributed by atoms with Crippen LogP contribution in [0.3, 0.4) is 0 Å². The molecule has 1 aromatic rings. The molecule has 2 rings (SSSR count). The third kappa shape index (κ3) is 2.55. The summed E-state index contributed by atoms with van der Waals surface area (Å²) < 4.78 is 13.0. The SMILES string of the molecule is Cc1cc(F)ccc1CC(=O)C1(N)CCCC1. The number of carbonyl (C=O) groups is 1. The molecule has 0 spiro atoms. The molecular formula is C14H18FNO. The van der Waals surface area contributed by atoms with Crippen LogP contribution in [0.25, 0.3) is 0 Å². The zero-order valence-corrected chi connectivity index (χ0v) is 10.1. The summed E-state index contributed by atoms with van der Waals surface area (Å²) in [7, 11) is 0. The summed E-state index contributed by atoms with van der Waals surface area (Å²) in [5, 5.41) is 0. The van der Waals surface area contributed by atoms with Gasteiger partial charge in [-0.3, -0.25) is 4.79 Å². The molecule has 1 saturated carbocycles. The molecule has 0 atom stereocenters. The van der Waals surface area contributed by atoms with Gasteiger partial charge in [0.05, 0.1) is 5.54 Å². The van der Waals surface area contributed by atoms with Crippen LogP contribution in [-0.4, -0.2) is 11.3 Å². The summed E-state index contributed by atoms with van der Waals surface area (Å²) in [6.45, 7) is 1.82. The quantitative estimate of drug-likeness (QED) is 0.874. The second-order valence-electron chi connectivity index (χ2n) is 5.03. The van der Waals surface area contributed by atoms with Gasteiger partial charge in [-0.05, 0) is 43.0 Å². The molecule has 0 saturated heterocycles. The number of benzene rings is 1.